The minimum atomic E-state index is -0.997. The monoisotopic (exact) mass is 338 g/mol. The number of aliphatic carboxylic acids is 1. The van der Waals surface area contributed by atoms with E-state index in [0.717, 1.165) is 21.8 Å². The second kappa shape index (κ2) is 6.09. The molecule has 2 rings (SSSR count). The first-order valence-corrected chi connectivity index (χ1v) is 7.03. The number of carbonyl (C=O) groups is 2. The molecule has 1 atom stereocenters. The first-order valence-electron chi connectivity index (χ1n) is 6.24. The summed E-state index contributed by atoms with van der Waals surface area (Å²) in [5, 5.41) is 11.6. The quantitative estimate of drug-likeness (QED) is 0.825. The van der Waals surface area contributed by atoms with Gasteiger partial charge in [-0.25, -0.2) is 4.79 Å². The highest BCUT2D eigenvalue weighted by molar-refractivity contribution is 9.10. The number of hydrogen-bond donors (Lipinski definition) is 2. The summed E-state index contributed by atoms with van der Waals surface area (Å²) in [5.74, 6) is -1.02. The fraction of sp³-hybridized carbons (Fsp3) is 0.286. The van der Waals surface area contributed by atoms with Crippen LogP contribution in [0.2, 0.25) is 0 Å². The van der Waals surface area contributed by atoms with Crippen LogP contribution >= 0.6 is 15.9 Å². The number of piperazine rings is 1. The molecule has 5 nitrogen and oxygen atoms in total. The van der Waals surface area contributed by atoms with Gasteiger partial charge in [-0.1, -0.05) is 22.0 Å². The molecule has 106 valence electrons. The van der Waals surface area contributed by atoms with E-state index in [-0.39, 0.29) is 11.9 Å². The van der Waals surface area contributed by atoms with Crippen molar-refractivity contribution in [2.75, 3.05) is 18.0 Å². The third-order valence-electron chi connectivity index (χ3n) is 3.21. The summed E-state index contributed by atoms with van der Waals surface area (Å²) in [7, 11) is 0. The van der Waals surface area contributed by atoms with Gasteiger partial charge in [0, 0.05) is 29.3 Å². The fourth-order valence-electron chi connectivity index (χ4n) is 2.18. The average molecular weight is 339 g/mol. The lowest BCUT2D eigenvalue weighted by atomic mass is 10.1. The smallest absolute Gasteiger partial charge is 0.328 e. The SMILES string of the molecule is CC1C(=O)NCCN1c1cc(Br)ccc1C=CC(=O)O. The normalized spacial score (nSPS) is 19.2. The molecule has 2 N–H and O–H groups in total. The Morgan fingerprint density at radius 1 is 1.55 bits per heavy atom. The molecule has 0 aromatic heterocycles. The van der Waals surface area contributed by atoms with Crippen molar-refractivity contribution in [2.24, 2.45) is 0 Å². The topological polar surface area (TPSA) is 69.6 Å². The number of anilines is 1. The Bertz CT molecular complexity index is 572. The van der Waals surface area contributed by atoms with Crippen molar-refractivity contribution in [3.8, 4) is 0 Å². The predicted molar refractivity (Wildman–Crippen MR) is 80.6 cm³/mol. The lowest BCUT2D eigenvalue weighted by molar-refractivity contribution is -0.131. The number of carboxylic acids is 1. The molecule has 1 aliphatic heterocycles. The number of carbonyl (C=O) groups excluding carboxylic acids is 1. The van der Waals surface area contributed by atoms with Crippen LogP contribution < -0.4 is 10.2 Å². The molecule has 20 heavy (non-hydrogen) atoms. The Kier molecular flexibility index (Phi) is 4.44. The zero-order valence-electron chi connectivity index (χ0n) is 11.0. The lowest BCUT2D eigenvalue weighted by Gasteiger charge is -2.35. The number of nitrogens with one attached hydrogen (secondary N) is 1. The Morgan fingerprint density at radius 3 is 3.00 bits per heavy atom. The number of hydrogen-bond acceptors (Lipinski definition) is 3. The molecule has 1 heterocycles. The van der Waals surface area contributed by atoms with E-state index in [9.17, 15) is 9.59 Å². The largest absolute Gasteiger partial charge is 0.478 e. The maximum absolute atomic E-state index is 11.8. The van der Waals surface area contributed by atoms with Crippen LogP contribution in [0, 0.1) is 0 Å². The highest BCUT2D eigenvalue weighted by Gasteiger charge is 2.26. The van der Waals surface area contributed by atoms with Gasteiger partial charge in [0.15, 0.2) is 0 Å². The Labute approximate surface area is 125 Å². The first-order chi connectivity index (χ1) is 9.49. The van der Waals surface area contributed by atoms with Crippen molar-refractivity contribution >= 4 is 39.6 Å². The van der Waals surface area contributed by atoms with Crippen molar-refractivity contribution in [3.63, 3.8) is 0 Å². The van der Waals surface area contributed by atoms with Crippen molar-refractivity contribution < 1.29 is 14.7 Å². The van der Waals surface area contributed by atoms with Crippen molar-refractivity contribution in [3.05, 3.63) is 34.3 Å². The third-order valence-corrected chi connectivity index (χ3v) is 3.70. The third kappa shape index (κ3) is 3.19. The molecule has 1 aromatic carbocycles. The first kappa shape index (κ1) is 14.6. The number of rotatable bonds is 3. The Balaban J connectivity index is 2.40. The van der Waals surface area contributed by atoms with E-state index in [1.54, 1.807) is 6.08 Å². The average Bonchev–Trinajstić information content (AvgIpc) is 2.40. The van der Waals surface area contributed by atoms with E-state index in [1.165, 1.54) is 0 Å². The zero-order chi connectivity index (χ0) is 14.7. The summed E-state index contributed by atoms with van der Waals surface area (Å²) in [6, 6.07) is 5.30. The van der Waals surface area contributed by atoms with E-state index in [0.29, 0.717) is 13.1 Å². The van der Waals surface area contributed by atoms with Crippen LogP contribution in [0.25, 0.3) is 6.08 Å². The van der Waals surface area contributed by atoms with Crippen molar-refractivity contribution in [1.82, 2.24) is 5.32 Å². The molecule has 1 aromatic rings. The molecule has 1 fully saturated rings. The molecule has 0 spiro atoms. The molecular weight excluding hydrogens is 324 g/mol. The zero-order valence-corrected chi connectivity index (χ0v) is 12.6. The van der Waals surface area contributed by atoms with Gasteiger partial charge in [0.05, 0.1) is 0 Å². The van der Waals surface area contributed by atoms with Gasteiger partial charge in [-0.2, -0.15) is 0 Å². The van der Waals surface area contributed by atoms with Gasteiger partial charge in [0.1, 0.15) is 6.04 Å². The number of amides is 1. The summed E-state index contributed by atoms with van der Waals surface area (Å²) in [6.07, 6.45) is 2.64. The van der Waals surface area contributed by atoms with Crippen molar-refractivity contribution in [1.29, 1.82) is 0 Å². The van der Waals surface area contributed by atoms with Crippen LogP contribution in [0.3, 0.4) is 0 Å². The summed E-state index contributed by atoms with van der Waals surface area (Å²) in [6.45, 7) is 3.11. The highest BCUT2D eigenvalue weighted by Crippen LogP contribution is 2.28. The van der Waals surface area contributed by atoms with E-state index >= 15 is 0 Å². The summed E-state index contributed by atoms with van der Waals surface area (Å²) >= 11 is 3.41. The van der Waals surface area contributed by atoms with Gasteiger partial charge in [-0.15, -0.1) is 0 Å². The van der Waals surface area contributed by atoms with Crippen molar-refractivity contribution in [2.45, 2.75) is 13.0 Å². The maximum atomic E-state index is 11.8. The molecule has 6 heteroatoms. The van der Waals surface area contributed by atoms with E-state index in [2.05, 4.69) is 21.2 Å². The summed E-state index contributed by atoms with van der Waals surface area (Å²) < 4.78 is 0.887. The van der Waals surface area contributed by atoms with Gasteiger partial charge < -0.3 is 15.3 Å². The van der Waals surface area contributed by atoms with Gasteiger partial charge >= 0.3 is 5.97 Å². The Hall–Kier alpha value is -1.82. The van der Waals surface area contributed by atoms with Gasteiger partial charge in [-0.05, 0) is 30.7 Å². The van der Waals surface area contributed by atoms with Gasteiger partial charge in [0.25, 0.3) is 0 Å². The maximum Gasteiger partial charge on any atom is 0.328 e. The minimum Gasteiger partial charge on any atom is -0.478 e. The number of benzene rings is 1. The van der Waals surface area contributed by atoms with Crippen LogP contribution in [-0.4, -0.2) is 36.1 Å². The van der Waals surface area contributed by atoms with Crippen LogP contribution in [0.15, 0.2) is 28.7 Å². The molecule has 1 amide bonds. The molecule has 1 saturated heterocycles. The molecule has 0 saturated carbocycles. The fourth-order valence-corrected chi connectivity index (χ4v) is 2.53. The Morgan fingerprint density at radius 2 is 2.30 bits per heavy atom. The summed E-state index contributed by atoms with van der Waals surface area (Å²) in [5.41, 5.74) is 1.62. The van der Waals surface area contributed by atoms with Crippen LogP contribution in [0.5, 0.6) is 0 Å². The molecule has 1 aliphatic rings. The van der Waals surface area contributed by atoms with E-state index in [4.69, 9.17) is 5.11 Å². The highest BCUT2D eigenvalue weighted by atomic mass is 79.9. The minimum absolute atomic E-state index is 0.0237. The van der Waals surface area contributed by atoms with Crippen LogP contribution in [-0.2, 0) is 9.59 Å². The van der Waals surface area contributed by atoms with Crippen LogP contribution in [0.1, 0.15) is 12.5 Å². The molecule has 0 bridgehead atoms. The number of halogens is 1. The van der Waals surface area contributed by atoms with Gasteiger partial charge in [-0.3, -0.25) is 4.79 Å². The predicted octanol–water partition coefficient (Wildman–Crippen LogP) is 1.87. The molecular formula is C14H15BrN2O3. The standard InChI is InChI=1S/C14H15BrN2O3/c1-9-14(20)16-6-7-17(9)12-8-11(15)4-2-10(12)3-5-13(18)19/h2-5,8-9H,6-7H2,1H3,(H,16,20)(H,18,19). The van der Waals surface area contributed by atoms with E-state index in [1.807, 2.05) is 30.0 Å². The lowest BCUT2D eigenvalue weighted by Crippen LogP contribution is -2.54. The van der Waals surface area contributed by atoms with E-state index < -0.39 is 5.97 Å². The van der Waals surface area contributed by atoms with Gasteiger partial charge in [0.2, 0.25) is 5.91 Å². The summed E-state index contributed by atoms with van der Waals surface area (Å²) in [4.78, 5) is 24.4. The molecule has 0 aliphatic carbocycles. The molecule has 1 unspecified atom stereocenters. The number of carboxylic acid groups (broad SMARTS) is 1. The second-order valence-corrected chi connectivity index (χ2v) is 5.45. The van der Waals surface area contributed by atoms with Crippen LogP contribution in [0.4, 0.5) is 5.69 Å². The molecule has 0 radical (unpaired) electrons. The number of nitrogens with zero attached hydrogens (tertiary/aromatic N) is 1. The second-order valence-electron chi connectivity index (χ2n) is 4.54.